The van der Waals surface area contributed by atoms with E-state index >= 15 is 0 Å². The predicted molar refractivity (Wildman–Crippen MR) is 59.6 cm³/mol. The Kier molecular flexibility index (Phi) is 2.49. The van der Waals surface area contributed by atoms with Gasteiger partial charge in [-0.3, -0.25) is 9.59 Å². The van der Waals surface area contributed by atoms with Gasteiger partial charge in [0, 0.05) is 12.0 Å². The Morgan fingerprint density at radius 1 is 1.44 bits per heavy atom. The first-order valence-corrected chi connectivity index (χ1v) is 5.52. The second kappa shape index (κ2) is 3.58. The molecule has 2 aliphatic carbocycles. The Labute approximate surface area is 95.2 Å². The van der Waals surface area contributed by atoms with Crippen molar-refractivity contribution in [2.24, 2.45) is 17.3 Å². The lowest BCUT2D eigenvalue weighted by molar-refractivity contribution is -0.141. The van der Waals surface area contributed by atoms with Gasteiger partial charge in [-0.15, -0.1) is 0 Å². The van der Waals surface area contributed by atoms with Gasteiger partial charge in [-0.2, -0.15) is 0 Å². The van der Waals surface area contributed by atoms with Crippen LogP contribution >= 0.6 is 0 Å². The lowest BCUT2D eigenvalue weighted by atomic mass is 9.58. The molecule has 0 heterocycles. The molecule has 0 amide bonds. The maximum atomic E-state index is 12.3. The van der Waals surface area contributed by atoms with E-state index in [4.69, 9.17) is 4.74 Å². The van der Waals surface area contributed by atoms with Crippen molar-refractivity contribution in [3.63, 3.8) is 0 Å². The number of Topliss-reactive ketones (excluding diaryl/α,β-unsaturated/α-hetero) is 1. The highest BCUT2D eigenvalue weighted by Crippen LogP contribution is 2.47. The van der Waals surface area contributed by atoms with Crippen molar-refractivity contribution >= 4 is 11.6 Å². The Bertz CT molecular complexity index is 405. The van der Waals surface area contributed by atoms with Crippen molar-refractivity contribution in [2.75, 3.05) is 7.11 Å². The Hall–Kier alpha value is -1.38. The molecule has 2 unspecified atom stereocenters. The minimum Gasteiger partial charge on any atom is -0.493 e. The normalized spacial score (nSPS) is 38.1. The quantitative estimate of drug-likeness (QED) is 0.634. The smallest absolute Gasteiger partial charge is 0.204 e. The molecule has 2 rings (SSSR count). The number of carbonyl (C=O) groups is 2. The summed E-state index contributed by atoms with van der Waals surface area (Å²) in [4.78, 5) is 24.2. The number of methoxy groups -OCH3 is 1. The molecule has 0 saturated carbocycles. The summed E-state index contributed by atoms with van der Waals surface area (Å²) in [5.41, 5.74) is -0.633. The number of hydrogen-bond acceptors (Lipinski definition) is 3. The fourth-order valence-corrected chi connectivity index (χ4v) is 2.67. The van der Waals surface area contributed by atoms with Gasteiger partial charge in [0.15, 0.2) is 11.5 Å². The molecule has 2 aliphatic rings. The summed E-state index contributed by atoms with van der Waals surface area (Å²) in [5.74, 6) is 0.0120. The van der Waals surface area contributed by atoms with Gasteiger partial charge in [0.05, 0.1) is 12.5 Å². The van der Waals surface area contributed by atoms with E-state index in [9.17, 15) is 9.59 Å². The van der Waals surface area contributed by atoms with Crippen molar-refractivity contribution in [2.45, 2.75) is 20.3 Å². The highest BCUT2D eigenvalue weighted by Gasteiger charge is 2.52. The van der Waals surface area contributed by atoms with Gasteiger partial charge in [0.1, 0.15) is 0 Å². The fraction of sp³-hybridized carbons (Fsp3) is 0.538. The molecule has 0 spiro atoms. The van der Waals surface area contributed by atoms with E-state index in [0.29, 0.717) is 6.42 Å². The summed E-state index contributed by atoms with van der Waals surface area (Å²) in [6, 6.07) is 0. The Balaban J connectivity index is 2.52. The van der Waals surface area contributed by atoms with Crippen LogP contribution in [0.3, 0.4) is 0 Å². The van der Waals surface area contributed by atoms with E-state index in [1.54, 1.807) is 0 Å². The van der Waals surface area contributed by atoms with E-state index in [-0.39, 0.29) is 29.2 Å². The van der Waals surface area contributed by atoms with Crippen molar-refractivity contribution in [3.8, 4) is 0 Å². The lowest BCUT2D eigenvalue weighted by Gasteiger charge is -2.43. The number of allylic oxidation sites excluding steroid dienone is 4. The van der Waals surface area contributed by atoms with Gasteiger partial charge in [0.2, 0.25) is 5.78 Å². The first kappa shape index (κ1) is 11.1. The number of fused-ring (bicyclic) bond motifs is 1. The van der Waals surface area contributed by atoms with Crippen LogP contribution in [0.25, 0.3) is 0 Å². The molecule has 3 atom stereocenters. The molecular weight excluding hydrogens is 204 g/mol. The summed E-state index contributed by atoms with van der Waals surface area (Å²) in [7, 11) is 1.43. The lowest BCUT2D eigenvalue weighted by Crippen LogP contribution is -2.49. The molecule has 0 saturated heterocycles. The summed E-state index contributed by atoms with van der Waals surface area (Å²) in [6.45, 7) is 3.85. The minimum atomic E-state index is -0.633. The summed E-state index contributed by atoms with van der Waals surface area (Å²) >= 11 is 0. The SMILES string of the molecule is COC1=CC(=O)C2CC=C[C@@H](C)C2(C)C1=O. The zero-order valence-electron chi connectivity index (χ0n) is 9.82. The molecule has 0 aliphatic heterocycles. The molecule has 3 heteroatoms. The fourth-order valence-electron chi connectivity index (χ4n) is 2.67. The van der Waals surface area contributed by atoms with E-state index in [1.165, 1.54) is 13.2 Å². The van der Waals surface area contributed by atoms with Crippen LogP contribution in [0.2, 0.25) is 0 Å². The molecule has 86 valence electrons. The number of rotatable bonds is 1. The standard InChI is InChI=1S/C13H16O3/c1-8-5-4-6-9-10(14)7-11(16-3)12(15)13(8,9)2/h4-5,7-9H,6H2,1-3H3/t8-,9?,13?/m1/s1. The van der Waals surface area contributed by atoms with Gasteiger partial charge >= 0.3 is 0 Å². The van der Waals surface area contributed by atoms with Crippen LogP contribution in [0.1, 0.15) is 20.3 Å². The Morgan fingerprint density at radius 2 is 2.12 bits per heavy atom. The first-order chi connectivity index (χ1) is 7.51. The summed E-state index contributed by atoms with van der Waals surface area (Å²) < 4.78 is 5.00. The van der Waals surface area contributed by atoms with Crippen LogP contribution in [-0.2, 0) is 14.3 Å². The zero-order chi connectivity index (χ0) is 11.9. The van der Waals surface area contributed by atoms with Crippen molar-refractivity contribution in [1.82, 2.24) is 0 Å². The third-order valence-corrected chi connectivity index (χ3v) is 4.02. The zero-order valence-corrected chi connectivity index (χ0v) is 9.82. The molecule has 0 radical (unpaired) electrons. The van der Waals surface area contributed by atoms with Crippen LogP contribution < -0.4 is 0 Å². The van der Waals surface area contributed by atoms with Gasteiger partial charge in [0.25, 0.3) is 0 Å². The third kappa shape index (κ3) is 1.27. The highest BCUT2D eigenvalue weighted by molar-refractivity contribution is 6.11. The van der Waals surface area contributed by atoms with Crippen LogP contribution in [-0.4, -0.2) is 18.7 Å². The van der Waals surface area contributed by atoms with Crippen molar-refractivity contribution < 1.29 is 14.3 Å². The van der Waals surface area contributed by atoms with E-state index in [2.05, 4.69) is 0 Å². The van der Waals surface area contributed by atoms with Gasteiger partial charge < -0.3 is 4.74 Å². The van der Waals surface area contributed by atoms with Crippen LogP contribution in [0.5, 0.6) is 0 Å². The van der Waals surface area contributed by atoms with Crippen LogP contribution in [0, 0.1) is 17.3 Å². The minimum absolute atomic E-state index is 0.00940. The molecule has 0 aromatic carbocycles. The summed E-state index contributed by atoms with van der Waals surface area (Å²) in [5, 5.41) is 0. The third-order valence-electron chi connectivity index (χ3n) is 4.02. The van der Waals surface area contributed by atoms with E-state index in [1.807, 2.05) is 26.0 Å². The highest BCUT2D eigenvalue weighted by atomic mass is 16.5. The number of ketones is 2. The van der Waals surface area contributed by atoms with Crippen molar-refractivity contribution in [1.29, 1.82) is 0 Å². The Morgan fingerprint density at radius 3 is 2.75 bits per heavy atom. The van der Waals surface area contributed by atoms with Gasteiger partial charge in [-0.05, 0) is 12.3 Å². The van der Waals surface area contributed by atoms with E-state index in [0.717, 1.165) is 0 Å². The molecule has 0 aromatic heterocycles. The van der Waals surface area contributed by atoms with Crippen LogP contribution in [0.15, 0.2) is 24.0 Å². The number of carbonyl (C=O) groups excluding carboxylic acids is 2. The maximum absolute atomic E-state index is 12.3. The average molecular weight is 220 g/mol. The first-order valence-electron chi connectivity index (χ1n) is 5.52. The second-order valence-electron chi connectivity index (χ2n) is 4.73. The van der Waals surface area contributed by atoms with Gasteiger partial charge in [-0.25, -0.2) is 0 Å². The topological polar surface area (TPSA) is 43.4 Å². The molecule has 3 nitrogen and oxygen atoms in total. The van der Waals surface area contributed by atoms with Gasteiger partial charge in [-0.1, -0.05) is 26.0 Å². The molecule has 0 aromatic rings. The van der Waals surface area contributed by atoms with E-state index < -0.39 is 5.41 Å². The number of hydrogen-bond donors (Lipinski definition) is 0. The predicted octanol–water partition coefficient (Wildman–Crippen LogP) is 1.89. The largest absolute Gasteiger partial charge is 0.493 e. The van der Waals surface area contributed by atoms with Crippen LogP contribution in [0.4, 0.5) is 0 Å². The molecule has 0 bridgehead atoms. The average Bonchev–Trinajstić information content (AvgIpc) is 2.27. The molecule has 16 heavy (non-hydrogen) atoms. The summed E-state index contributed by atoms with van der Waals surface area (Å²) in [6.07, 6.45) is 6.01. The number of ether oxygens (including phenoxy) is 1. The molecular formula is C13H16O3. The molecule has 0 fully saturated rings. The monoisotopic (exact) mass is 220 g/mol. The second-order valence-corrected chi connectivity index (χ2v) is 4.73. The van der Waals surface area contributed by atoms with Crippen molar-refractivity contribution in [3.05, 3.63) is 24.0 Å². The molecule has 0 N–H and O–H groups in total. The maximum Gasteiger partial charge on any atom is 0.204 e.